The fourth-order valence-corrected chi connectivity index (χ4v) is 1.99. The molecule has 0 amide bonds. The number of rotatable bonds is 2. The highest BCUT2D eigenvalue weighted by Crippen LogP contribution is 2.15. The van der Waals surface area contributed by atoms with Crippen molar-refractivity contribution < 1.29 is 9.32 Å². The van der Waals surface area contributed by atoms with E-state index in [4.69, 9.17) is 9.89 Å². The molecule has 1 aromatic rings. The van der Waals surface area contributed by atoms with Crippen molar-refractivity contribution in [3.63, 3.8) is 0 Å². The van der Waals surface area contributed by atoms with Crippen LogP contribution in [0.15, 0.2) is 29.2 Å². The van der Waals surface area contributed by atoms with E-state index < -0.39 is 9.73 Å². The second-order valence-electron chi connectivity index (χ2n) is 2.61. The maximum atomic E-state index is 11.3. The molecule has 66 valence electrons. The van der Waals surface area contributed by atoms with Gasteiger partial charge in [0.2, 0.25) is 0 Å². The summed E-state index contributed by atoms with van der Waals surface area (Å²) in [4.78, 5) is 0.424. The first-order valence-corrected chi connectivity index (χ1v) is 5.45. The van der Waals surface area contributed by atoms with Crippen LogP contribution < -0.4 is 0 Å². The van der Waals surface area contributed by atoms with E-state index in [0.717, 1.165) is 0 Å². The zero-order valence-corrected chi connectivity index (χ0v) is 7.60. The monoisotopic (exact) mass is 185 g/mol. The van der Waals surface area contributed by atoms with Gasteiger partial charge in [-0.1, -0.05) is 18.2 Å². The third kappa shape index (κ3) is 1.84. The van der Waals surface area contributed by atoms with Gasteiger partial charge in [0, 0.05) is 6.26 Å². The average molecular weight is 185 g/mol. The largest absolute Gasteiger partial charge is 0.392 e. The third-order valence-electron chi connectivity index (χ3n) is 1.56. The summed E-state index contributed by atoms with van der Waals surface area (Å²) in [5.41, 5.74) is 0.569. The van der Waals surface area contributed by atoms with E-state index in [-0.39, 0.29) is 6.61 Å². The van der Waals surface area contributed by atoms with Gasteiger partial charge in [0.15, 0.2) is 0 Å². The van der Waals surface area contributed by atoms with Crippen LogP contribution in [0.1, 0.15) is 5.56 Å². The minimum atomic E-state index is -2.71. The van der Waals surface area contributed by atoms with Gasteiger partial charge in [-0.05, 0) is 11.6 Å². The Bertz CT molecular complexity index is 370. The zero-order chi connectivity index (χ0) is 9.19. The smallest absolute Gasteiger partial charge is 0.0700 e. The molecular formula is C8H11NO2S. The van der Waals surface area contributed by atoms with Crippen molar-refractivity contribution in [2.45, 2.75) is 11.5 Å². The summed E-state index contributed by atoms with van der Waals surface area (Å²) in [6.45, 7) is -0.167. The molecule has 1 atom stereocenters. The summed E-state index contributed by atoms with van der Waals surface area (Å²) in [7, 11) is -2.71. The van der Waals surface area contributed by atoms with Crippen LogP contribution >= 0.6 is 0 Å². The summed E-state index contributed by atoms with van der Waals surface area (Å²) in [5.74, 6) is 0. The van der Waals surface area contributed by atoms with Crippen LogP contribution in [0.4, 0.5) is 0 Å². The molecule has 2 N–H and O–H groups in total. The van der Waals surface area contributed by atoms with Gasteiger partial charge in [-0.15, -0.1) is 0 Å². The Kier molecular flexibility index (Phi) is 2.49. The second-order valence-corrected chi connectivity index (χ2v) is 4.74. The molecule has 0 aliphatic carbocycles. The Morgan fingerprint density at radius 3 is 2.50 bits per heavy atom. The number of aliphatic hydroxyl groups is 1. The first kappa shape index (κ1) is 9.22. The van der Waals surface area contributed by atoms with Crippen molar-refractivity contribution in [2.75, 3.05) is 6.26 Å². The normalized spacial score (nSPS) is 15.5. The predicted molar refractivity (Wildman–Crippen MR) is 47.4 cm³/mol. The van der Waals surface area contributed by atoms with Crippen molar-refractivity contribution in [2.24, 2.45) is 0 Å². The van der Waals surface area contributed by atoms with Crippen LogP contribution in [0.5, 0.6) is 0 Å². The molecule has 0 saturated heterocycles. The number of hydrogen-bond acceptors (Lipinski definition) is 3. The summed E-state index contributed by atoms with van der Waals surface area (Å²) in [5, 5.41) is 8.87. The molecule has 0 aliphatic rings. The number of benzene rings is 1. The summed E-state index contributed by atoms with van der Waals surface area (Å²) in [6, 6.07) is 6.75. The molecule has 0 heterocycles. The third-order valence-corrected chi connectivity index (χ3v) is 2.80. The molecule has 0 bridgehead atoms. The molecule has 0 aliphatic heterocycles. The molecule has 0 fully saturated rings. The lowest BCUT2D eigenvalue weighted by atomic mass is 10.2. The lowest BCUT2D eigenvalue weighted by molar-refractivity contribution is 0.278. The Labute approximate surface area is 72.0 Å². The molecule has 1 aromatic carbocycles. The van der Waals surface area contributed by atoms with Crippen LogP contribution in [-0.4, -0.2) is 15.6 Å². The quantitative estimate of drug-likeness (QED) is 0.727. The molecule has 0 spiro atoms. The fraction of sp³-hybridized carbons (Fsp3) is 0.250. The highest BCUT2D eigenvalue weighted by Gasteiger charge is 2.07. The number of hydrogen-bond donors (Lipinski definition) is 2. The lowest BCUT2D eigenvalue weighted by Crippen LogP contribution is -2.00. The molecule has 1 unspecified atom stereocenters. The highest BCUT2D eigenvalue weighted by atomic mass is 32.2. The van der Waals surface area contributed by atoms with E-state index in [1.165, 1.54) is 6.26 Å². The van der Waals surface area contributed by atoms with Crippen LogP contribution in [0.3, 0.4) is 0 Å². The van der Waals surface area contributed by atoms with E-state index in [1.807, 2.05) is 0 Å². The molecule has 12 heavy (non-hydrogen) atoms. The number of aliphatic hydroxyl groups excluding tert-OH is 1. The van der Waals surface area contributed by atoms with Gasteiger partial charge in [-0.25, -0.2) is 8.99 Å². The molecule has 0 aromatic heterocycles. The lowest BCUT2D eigenvalue weighted by Gasteiger charge is -2.05. The van der Waals surface area contributed by atoms with Crippen LogP contribution in [0.2, 0.25) is 0 Å². The molecule has 0 radical (unpaired) electrons. The standard InChI is InChI=1S/C8H11NO2S/c1-12(9,11)8-5-3-2-4-7(8)6-10/h2-5,9-10H,6H2,1H3. The summed E-state index contributed by atoms with van der Waals surface area (Å²) in [6.07, 6.45) is 1.35. The molecule has 3 nitrogen and oxygen atoms in total. The Hall–Kier alpha value is -0.870. The Morgan fingerprint density at radius 1 is 1.50 bits per heavy atom. The van der Waals surface area contributed by atoms with E-state index in [9.17, 15) is 4.21 Å². The van der Waals surface area contributed by atoms with Gasteiger partial charge >= 0.3 is 0 Å². The first-order chi connectivity index (χ1) is 5.55. The van der Waals surface area contributed by atoms with E-state index in [1.54, 1.807) is 24.3 Å². The predicted octanol–water partition coefficient (Wildman–Crippen LogP) is 1.21. The minimum absolute atomic E-state index is 0.167. The van der Waals surface area contributed by atoms with Gasteiger partial charge in [0.05, 0.1) is 21.2 Å². The first-order valence-electron chi connectivity index (χ1n) is 3.48. The maximum absolute atomic E-state index is 11.3. The molecule has 4 heteroatoms. The molecule has 0 saturated carbocycles. The zero-order valence-electron chi connectivity index (χ0n) is 6.78. The minimum Gasteiger partial charge on any atom is -0.392 e. The van der Waals surface area contributed by atoms with Crippen molar-refractivity contribution in [3.8, 4) is 0 Å². The van der Waals surface area contributed by atoms with Crippen molar-refractivity contribution >= 4 is 9.73 Å². The summed E-state index contributed by atoms with van der Waals surface area (Å²) < 4.78 is 18.7. The molecular weight excluding hydrogens is 174 g/mol. The number of nitrogens with one attached hydrogen (secondary N) is 1. The van der Waals surface area contributed by atoms with Crippen LogP contribution in [-0.2, 0) is 16.3 Å². The Balaban J connectivity index is 3.33. The van der Waals surface area contributed by atoms with Crippen LogP contribution in [0.25, 0.3) is 0 Å². The Morgan fingerprint density at radius 2 is 2.08 bits per heavy atom. The maximum Gasteiger partial charge on any atom is 0.0700 e. The van der Waals surface area contributed by atoms with Gasteiger partial charge < -0.3 is 5.11 Å². The van der Waals surface area contributed by atoms with Crippen LogP contribution in [0, 0.1) is 4.78 Å². The second kappa shape index (κ2) is 3.25. The van der Waals surface area contributed by atoms with Gasteiger partial charge in [-0.2, -0.15) is 0 Å². The van der Waals surface area contributed by atoms with Crippen molar-refractivity contribution in [1.29, 1.82) is 4.78 Å². The van der Waals surface area contributed by atoms with Crippen molar-refractivity contribution in [3.05, 3.63) is 29.8 Å². The summed E-state index contributed by atoms with van der Waals surface area (Å²) >= 11 is 0. The van der Waals surface area contributed by atoms with Gasteiger partial charge in [-0.3, -0.25) is 0 Å². The van der Waals surface area contributed by atoms with E-state index >= 15 is 0 Å². The van der Waals surface area contributed by atoms with Gasteiger partial charge in [0.1, 0.15) is 0 Å². The topological polar surface area (TPSA) is 61.2 Å². The van der Waals surface area contributed by atoms with E-state index in [2.05, 4.69) is 0 Å². The average Bonchev–Trinajstić information content (AvgIpc) is 2.03. The highest BCUT2D eigenvalue weighted by molar-refractivity contribution is 7.91. The van der Waals surface area contributed by atoms with Crippen molar-refractivity contribution in [1.82, 2.24) is 0 Å². The van der Waals surface area contributed by atoms with Gasteiger partial charge in [0.25, 0.3) is 0 Å². The SMILES string of the molecule is CS(=N)(=O)c1ccccc1CO. The fourth-order valence-electron chi connectivity index (χ4n) is 1.01. The molecule has 1 rings (SSSR count). The van der Waals surface area contributed by atoms with E-state index in [0.29, 0.717) is 10.5 Å².